The maximum Gasteiger partial charge on any atom is 0.266 e. The highest BCUT2D eigenvalue weighted by Crippen LogP contribution is 2.34. The topological polar surface area (TPSA) is 53.5 Å². The Bertz CT molecular complexity index is 963. The lowest BCUT2D eigenvalue weighted by atomic mass is 9.96. The van der Waals surface area contributed by atoms with Gasteiger partial charge in [0.1, 0.15) is 4.32 Å². The van der Waals surface area contributed by atoms with Crippen LogP contribution >= 0.6 is 24.0 Å². The van der Waals surface area contributed by atoms with Crippen molar-refractivity contribution < 1.29 is 9.59 Å². The molecule has 0 radical (unpaired) electrons. The molecule has 2 aliphatic heterocycles. The molecule has 0 unspecified atom stereocenters. The van der Waals surface area contributed by atoms with Gasteiger partial charge in [0, 0.05) is 31.9 Å². The van der Waals surface area contributed by atoms with Gasteiger partial charge in [0.25, 0.3) is 5.91 Å². The van der Waals surface area contributed by atoms with Crippen LogP contribution in [0.5, 0.6) is 0 Å². The first-order chi connectivity index (χ1) is 14.6. The molecule has 30 heavy (non-hydrogen) atoms. The summed E-state index contributed by atoms with van der Waals surface area (Å²) in [5.74, 6) is -0.0613. The van der Waals surface area contributed by atoms with E-state index in [1.807, 2.05) is 59.6 Å². The molecule has 7 heteroatoms. The second kappa shape index (κ2) is 9.53. The normalized spacial score (nSPS) is 20.8. The summed E-state index contributed by atoms with van der Waals surface area (Å²) in [5, 5.41) is 0. The monoisotopic (exact) mass is 437 g/mol. The van der Waals surface area contributed by atoms with Crippen LogP contribution in [-0.2, 0) is 9.59 Å². The second-order valence-corrected chi connectivity index (χ2v) is 9.05. The van der Waals surface area contributed by atoms with Gasteiger partial charge in [0.05, 0.1) is 10.9 Å². The quantitative estimate of drug-likeness (QED) is 0.512. The van der Waals surface area contributed by atoms with Crippen LogP contribution in [0.1, 0.15) is 42.9 Å². The number of carbonyl (C=O) groups excluding carboxylic acids is 2. The number of nitrogens with zero attached hydrogens (tertiary/aromatic N) is 3. The van der Waals surface area contributed by atoms with E-state index in [2.05, 4.69) is 4.98 Å². The van der Waals surface area contributed by atoms with Crippen LogP contribution in [0.25, 0.3) is 6.08 Å². The molecule has 2 aromatic rings. The highest BCUT2D eigenvalue weighted by molar-refractivity contribution is 8.26. The van der Waals surface area contributed by atoms with Crippen molar-refractivity contribution in [3.05, 3.63) is 70.9 Å². The Balaban J connectivity index is 1.41. The summed E-state index contributed by atoms with van der Waals surface area (Å²) in [5.41, 5.74) is 2.03. The van der Waals surface area contributed by atoms with Crippen LogP contribution in [0, 0.1) is 0 Å². The van der Waals surface area contributed by atoms with Crippen molar-refractivity contribution in [3.63, 3.8) is 0 Å². The summed E-state index contributed by atoms with van der Waals surface area (Å²) in [4.78, 5) is 34.1. The lowest BCUT2D eigenvalue weighted by Gasteiger charge is -2.36. The van der Waals surface area contributed by atoms with E-state index in [9.17, 15) is 9.59 Å². The van der Waals surface area contributed by atoms with Gasteiger partial charge in [-0.15, -0.1) is 0 Å². The van der Waals surface area contributed by atoms with Crippen molar-refractivity contribution in [2.45, 2.75) is 31.7 Å². The third-order valence-corrected chi connectivity index (χ3v) is 6.79. The minimum absolute atomic E-state index is 0.0593. The van der Waals surface area contributed by atoms with Gasteiger partial charge in [-0.2, -0.15) is 0 Å². The van der Waals surface area contributed by atoms with E-state index < -0.39 is 0 Å². The molecule has 2 amide bonds. The molecule has 1 aromatic heterocycles. The van der Waals surface area contributed by atoms with E-state index in [-0.39, 0.29) is 24.3 Å². The zero-order chi connectivity index (χ0) is 20.9. The second-order valence-electron chi connectivity index (χ2n) is 7.38. The van der Waals surface area contributed by atoms with Crippen molar-refractivity contribution in [3.8, 4) is 0 Å². The molecule has 3 heterocycles. The Hall–Kier alpha value is -2.51. The fraction of sp³-hybridized carbons (Fsp3) is 0.304. The Labute approximate surface area is 186 Å². The maximum absolute atomic E-state index is 13.0. The fourth-order valence-electron chi connectivity index (χ4n) is 3.89. The van der Waals surface area contributed by atoms with Crippen LogP contribution in [0.15, 0.2) is 59.8 Å². The lowest BCUT2D eigenvalue weighted by molar-refractivity contribution is -0.135. The summed E-state index contributed by atoms with van der Waals surface area (Å²) < 4.78 is 0.512. The van der Waals surface area contributed by atoms with Crippen molar-refractivity contribution in [2.24, 2.45) is 0 Å². The Morgan fingerprint density at radius 3 is 2.80 bits per heavy atom. The lowest BCUT2D eigenvalue weighted by Crippen LogP contribution is -2.40. The number of aromatic nitrogens is 1. The number of likely N-dealkylation sites (tertiary alicyclic amines) is 1. The number of amides is 2. The van der Waals surface area contributed by atoms with E-state index in [4.69, 9.17) is 12.2 Å². The summed E-state index contributed by atoms with van der Waals surface area (Å²) in [6, 6.07) is 13.7. The van der Waals surface area contributed by atoms with Crippen LogP contribution in [-0.4, -0.2) is 44.0 Å². The highest BCUT2D eigenvalue weighted by atomic mass is 32.2. The van der Waals surface area contributed by atoms with Crippen molar-refractivity contribution in [1.29, 1.82) is 0 Å². The number of rotatable bonds is 5. The average Bonchev–Trinajstić information content (AvgIpc) is 3.05. The third kappa shape index (κ3) is 4.63. The molecule has 0 saturated carbocycles. The zero-order valence-corrected chi connectivity index (χ0v) is 18.2. The molecular formula is C23H23N3O2S2. The molecule has 2 aliphatic rings. The number of piperidine rings is 1. The van der Waals surface area contributed by atoms with Crippen LogP contribution in [0.4, 0.5) is 0 Å². The first-order valence-corrected chi connectivity index (χ1v) is 11.4. The summed E-state index contributed by atoms with van der Waals surface area (Å²) in [7, 11) is 0. The molecule has 0 bridgehead atoms. The minimum atomic E-state index is -0.121. The maximum atomic E-state index is 13.0. The van der Waals surface area contributed by atoms with Gasteiger partial charge >= 0.3 is 0 Å². The van der Waals surface area contributed by atoms with E-state index in [1.54, 1.807) is 11.1 Å². The molecule has 154 valence electrons. The van der Waals surface area contributed by atoms with Gasteiger partial charge in [0.2, 0.25) is 5.91 Å². The third-order valence-electron chi connectivity index (χ3n) is 5.41. The fourth-order valence-corrected chi connectivity index (χ4v) is 5.20. The predicted octanol–water partition coefficient (Wildman–Crippen LogP) is 4.43. The van der Waals surface area contributed by atoms with Gasteiger partial charge in [-0.25, -0.2) is 0 Å². The number of hydrogen-bond acceptors (Lipinski definition) is 5. The van der Waals surface area contributed by atoms with E-state index >= 15 is 0 Å². The predicted molar refractivity (Wildman–Crippen MR) is 123 cm³/mol. The molecule has 1 atom stereocenters. The van der Waals surface area contributed by atoms with Gasteiger partial charge < -0.3 is 4.90 Å². The van der Waals surface area contributed by atoms with E-state index in [0.29, 0.717) is 15.8 Å². The molecule has 2 saturated heterocycles. The molecule has 2 fully saturated rings. The SMILES string of the molecule is O=C1/C(=C\c2ccccc2)SC(=S)N1CCC(=O)N1CCCC[C@H]1c1cccnc1. The first-order valence-electron chi connectivity index (χ1n) is 10.1. The minimum Gasteiger partial charge on any atom is -0.336 e. The van der Waals surface area contributed by atoms with Crippen LogP contribution in [0.3, 0.4) is 0 Å². The number of pyridine rings is 1. The largest absolute Gasteiger partial charge is 0.336 e. The Morgan fingerprint density at radius 2 is 2.03 bits per heavy atom. The molecule has 0 aliphatic carbocycles. The molecule has 1 aromatic carbocycles. The number of thiocarbonyl (C=S) groups is 1. The van der Waals surface area contributed by atoms with E-state index in [1.165, 1.54) is 11.8 Å². The average molecular weight is 438 g/mol. The number of carbonyl (C=O) groups is 2. The van der Waals surface area contributed by atoms with E-state index in [0.717, 1.165) is 36.9 Å². The Morgan fingerprint density at radius 1 is 1.20 bits per heavy atom. The number of thioether (sulfide) groups is 1. The van der Waals surface area contributed by atoms with Crippen molar-refractivity contribution in [1.82, 2.24) is 14.8 Å². The molecule has 4 rings (SSSR count). The van der Waals surface area contributed by atoms with Crippen LogP contribution < -0.4 is 0 Å². The van der Waals surface area contributed by atoms with Gasteiger partial charge in [-0.3, -0.25) is 19.5 Å². The molecule has 0 spiro atoms. The summed E-state index contributed by atoms with van der Waals surface area (Å²) >= 11 is 6.71. The van der Waals surface area contributed by atoms with Gasteiger partial charge in [0.15, 0.2) is 0 Å². The van der Waals surface area contributed by atoms with Crippen molar-refractivity contribution in [2.75, 3.05) is 13.1 Å². The standard InChI is InChI=1S/C23H23N3O2S2/c27-21(25-13-5-4-10-19(25)18-9-6-12-24-16-18)11-14-26-22(28)20(30-23(26)29)15-17-7-2-1-3-8-17/h1-3,6-9,12,15-16,19H,4-5,10-11,13-14H2/b20-15+/t19-/m0/s1. The summed E-state index contributed by atoms with van der Waals surface area (Å²) in [6.45, 7) is 1.05. The highest BCUT2D eigenvalue weighted by Gasteiger charge is 2.34. The van der Waals surface area contributed by atoms with Gasteiger partial charge in [-0.1, -0.05) is 60.4 Å². The van der Waals surface area contributed by atoms with Crippen LogP contribution in [0.2, 0.25) is 0 Å². The molecular weight excluding hydrogens is 414 g/mol. The zero-order valence-electron chi connectivity index (χ0n) is 16.6. The van der Waals surface area contributed by atoms with Crippen molar-refractivity contribution >= 4 is 46.2 Å². The first kappa shape index (κ1) is 20.8. The molecule has 5 nitrogen and oxygen atoms in total. The van der Waals surface area contributed by atoms with Gasteiger partial charge in [-0.05, 0) is 42.5 Å². The molecule has 0 N–H and O–H groups in total. The number of hydrogen-bond donors (Lipinski definition) is 0. The summed E-state index contributed by atoms with van der Waals surface area (Å²) in [6.07, 6.45) is 8.75. The number of benzene rings is 1. The Kier molecular flexibility index (Phi) is 6.59. The smallest absolute Gasteiger partial charge is 0.266 e.